The van der Waals surface area contributed by atoms with Crippen molar-refractivity contribution in [2.75, 3.05) is 18.9 Å². The molecule has 0 saturated heterocycles. The number of anilines is 1. The Hall–Kier alpha value is -1.88. The van der Waals surface area contributed by atoms with Gasteiger partial charge in [-0.15, -0.1) is 0 Å². The van der Waals surface area contributed by atoms with Crippen LogP contribution in [0.4, 0.5) is 5.88 Å². The van der Waals surface area contributed by atoms with Gasteiger partial charge >= 0.3 is 0 Å². The van der Waals surface area contributed by atoms with E-state index in [4.69, 9.17) is 31.3 Å². The maximum absolute atomic E-state index is 6.16. The van der Waals surface area contributed by atoms with Crippen molar-refractivity contribution in [2.45, 2.75) is 0 Å². The SMILES string of the molecule is Nc1oncc1-c1cc2c(cc1Cl)OCCO2. The molecule has 6 heteroatoms. The zero-order valence-corrected chi connectivity index (χ0v) is 9.53. The zero-order chi connectivity index (χ0) is 11.8. The van der Waals surface area contributed by atoms with E-state index in [1.807, 2.05) is 0 Å². The fraction of sp³-hybridized carbons (Fsp3) is 0.182. The van der Waals surface area contributed by atoms with Gasteiger partial charge in [0.25, 0.3) is 0 Å². The highest BCUT2D eigenvalue weighted by Crippen LogP contribution is 2.41. The zero-order valence-electron chi connectivity index (χ0n) is 8.77. The average Bonchev–Trinajstić information content (AvgIpc) is 2.74. The van der Waals surface area contributed by atoms with E-state index in [-0.39, 0.29) is 5.88 Å². The van der Waals surface area contributed by atoms with E-state index in [9.17, 15) is 0 Å². The fourth-order valence-corrected chi connectivity index (χ4v) is 1.98. The number of nitrogens with two attached hydrogens (primary N) is 1. The predicted molar refractivity (Wildman–Crippen MR) is 62.4 cm³/mol. The Kier molecular flexibility index (Phi) is 2.33. The fourth-order valence-electron chi connectivity index (χ4n) is 1.72. The number of hydrogen-bond acceptors (Lipinski definition) is 5. The van der Waals surface area contributed by atoms with Crippen LogP contribution in [0.25, 0.3) is 11.1 Å². The van der Waals surface area contributed by atoms with Crippen molar-refractivity contribution in [3.8, 4) is 22.6 Å². The molecule has 5 nitrogen and oxygen atoms in total. The van der Waals surface area contributed by atoms with Crippen LogP contribution in [0, 0.1) is 0 Å². The van der Waals surface area contributed by atoms with Gasteiger partial charge in [-0.2, -0.15) is 0 Å². The van der Waals surface area contributed by atoms with Gasteiger partial charge in [-0.1, -0.05) is 16.8 Å². The number of fused-ring (bicyclic) bond motifs is 1. The molecule has 2 heterocycles. The summed E-state index contributed by atoms with van der Waals surface area (Å²) in [4.78, 5) is 0. The first-order valence-corrected chi connectivity index (χ1v) is 5.43. The molecule has 0 atom stereocenters. The van der Waals surface area contributed by atoms with E-state index in [1.54, 1.807) is 12.1 Å². The number of benzene rings is 1. The lowest BCUT2D eigenvalue weighted by Crippen LogP contribution is -2.15. The van der Waals surface area contributed by atoms with E-state index in [1.165, 1.54) is 6.20 Å². The summed E-state index contributed by atoms with van der Waals surface area (Å²) < 4.78 is 15.7. The molecule has 88 valence electrons. The first kappa shape index (κ1) is 10.3. The standard InChI is InChI=1S/C11H9ClN2O3/c12-8-4-10-9(15-1-2-16-10)3-6(8)7-5-14-17-11(7)13/h3-5H,1-2,13H2. The average molecular weight is 253 g/mol. The highest BCUT2D eigenvalue weighted by molar-refractivity contribution is 6.33. The molecule has 2 N–H and O–H groups in total. The summed E-state index contributed by atoms with van der Waals surface area (Å²) in [6.45, 7) is 1.05. The molecular formula is C11H9ClN2O3. The monoisotopic (exact) mass is 252 g/mol. The molecule has 0 radical (unpaired) electrons. The summed E-state index contributed by atoms with van der Waals surface area (Å²) in [6.07, 6.45) is 1.52. The van der Waals surface area contributed by atoms with Gasteiger partial charge in [-0.3, -0.25) is 0 Å². The molecule has 1 aliphatic rings. The Labute approximate surface area is 102 Å². The van der Waals surface area contributed by atoms with Gasteiger partial charge in [-0.25, -0.2) is 0 Å². The van der Waals surface area contributed by atoms with Gasteiger partial charge in [0.05, 0.1) is 16.8 Å². The molecule has 0 unspecified atom stereocenters. The van der Waals surface area contributed by atoms with Crippen molar-refractivity contribution in [1.29, 1.82) is 0 Å². The van der Waals surface area contributed by atoms with Crippen molar-refractivity contribution in [3.63, 3.8) is 0 Å². The van der Waals surface area contributed by atoms with Crippen molar-refractivity contribution in [3.05, 3.63) is 23.4 Å². The van der Waals surface area contributed by atoms with Crippen molar-refractivity contribution < 1.29 is 14.0 Å². The van der Waals surface area contributed by atoms with Crippen LogP contribution in [0.1, 0.15) is 0 Å². The third-order valence-electron chi connectivity index (χ3n) is 2.52. The van der Waals surface area contributed by atoms with E-state index >= 15 is 0 Å². The van der Waals surface area contributed by atoms with Crippen LogP contribution < -0.4 is 15.2 Å². The summed E-state index contributed by atoms with van der Waals surface area (Å²) in [7, 11) is 0. The second kappa shape index (κ2) is 3.85. The molecule has 2 aromatic rings. The number of nitrogen functional groups attached to an aromatic ring is 1. The van der Waals surface area contributed by atoms with Gasteiger partial charge in [0.15, 0.2) is 11.5 Å². The molecule has 3 rings (SSSR count). The lowest BCUT2D eigenvalue weighted by atomic mass is 10.1. The Morgan fingerprint density at radius 3 is 2.47 bits per heavy atom. The smallest absolute Gasteiger partial charge is 0.230 e. The van der Waals surface area contributed by atoms with E-state index in [2.05, 4.69) is 5.16 Å². The first-order valence-electron chi connectivity index (χ1n) is 5.05. The van der Waals surface area contributed by atoms with Crippen LogP contribution in [-0.2, 0) is 0 Å². The molecular weight excluding hydrogens is 244 g/mol. The van der Waals surface area contributed by atoms with E-state index in [0.717, 1.165) is 5.56 Å². The second-order valence-corrected chi connectivity index (χ2v) is 3.99. The molecule has 0 amide bonds. The predicted octanol–water partition coefficient (Wildman–Crippen LogP) is 2.35. The number of aromatic nitrogens is 1. The minimum absolute atomic E-state index is 0.226. The Morgan fingerprint density at radius 2 is 1.82 bits per heavy atom. The largest absolute Gasteiger partial charge is 0.486 e. The summed E-state index contributed by atoms with van der Waals surface area (Å²) in [6, 6.07) is 3.48. The molecule has 0 aliphatic carbocycles. The van der Waals surface area contributed by atoms with Crippen LogP contribution in [0.3, 0.4) is 0 Å². The van der Waals surface area contributed by atoms with Crippen molar-refractivity contribution in [1.82, 2.24) is 5.16 Å². The molecule has 0 saturated carbocycles. The highest BCUT2D eigenvalue weighted by atomic mass is 35.5. The highest BCUT2D eigenvalue weighted by Gasteiger charge is 2.18. The van der Waals surface area contributed by atoms with Crippen LogP contribution in [0.2, 0.25) is 5.02 Å². The summed E-state index contributed by atoms with van der Waals surface area (Å²) in [5, 5.41) is 4.14. The van der Waals surface area contributed by atoms with Crippen LogP contribution in [0.5, 0.6) is 11.5 Å². The molecule has 1 aromatic heterocycles. The number of halogens is 1. The van der Waals surface area contributed by atoms with Crippen LogP contribution in [0.15, 0.2) is 22.9 Å². The van der Waals surface area contributed by atoms with Gasteiger partial charge < -0.3 is 19.7 Å². The molecule has 1 aliphatic heterocycles. The van der Waals surface area contributed by atoms with Gasteiger partial charge in [0, 0.05) is 11.6 Å². The molecule has 1 aromatic carbocycles. The normalized spacial score (nSPS) is 13.7. The summed E-state index contributed by atoms with van der Waals surface area (Å²) >= 11 is 6.16. The Bertz CT molecular complexity index is 568. The minimum atomic E-state index is 0.226. The Morgan fingerprint density at radius 1 is 1.12 bits per heavy atom. The third kappa shape index (κ3) is 1.68. The number of hydrogen-bond donors (Lipinski definition) is 1. The summed E-state index contributed by atoms with van der Waals surface area (Å²) in [5.41, 5.74) is 7.02. The molecule has 17 heavy (non-hydrogen) atoms. The van der Waals surface area contributed by atoms with Gasteiger partial charge in [0.2, 0.25) is 5.88 Å². The van der Waals surface area contributed by atoms with E-state index < -0.39 is 0 Å². The van der Waals surface area contributed by atoms with Crippen LogP contribution >= 0.6 is 11.6 Å². The topological polar surface area (TPSA) is 70.5 Å². The van der Waals surface area contributed by atoms with Gasteiger partial charge in [-0.05, 0) is 6.07 Å². The minimum Gasteiger partial charge on any atom is -0.486 e. The van der Waals surface area contributed by atoms with Crippen molar-refractivity contribution >= 4 is 17.5 Å². The first-order chi connectivity index (χ1) is 8.25. The van der Waals surface area contributed by atoms with Crippen molar-refractivity contribution in [2.24, 2.45) is 0 Å². The lowest BCUT2D eigenvalue weighted by Gasteiger charge is -2.19. The maximum atomic E-state index is 6.16. The molecule has 0 spiro atoms. The second-order valence-electron chi connectivity index (χ2n) is 3.58. The number of ether oxygens (including phenoxy) is 2. The number of nitrogens with zero attached hydrogens (tertiary/aromatic N) is 1. The third-order valence-corrected chi connectivity index (χ3v) is 2.83. The summed E-state index contributed by atoms with van der Waals surface area (Å²) in [5.74, 6) is 1.51. The van der Waals surface area contributed by atoms with Crippen LogP contribution in [-0.4, -0.2) is 18.4 Å². The van der Waals surface area contributed by atoms with E-state index in [0.29, 0.717) is 35.3 Å². The lowest BCUT2D eigenvalue weighted by molar-refractivity contribution is 0.171. The quantitative estimate of drug-likeness (QED) is 0.844. The molecule has 0 bridgehead atoms. The number of rotatable bonds is 1. The Balaban J connectivity index is 2.15. The molecule has 0 fully saturated rings. The maximum Gasteiger partial charge on any atom is 0.230 e. The van der Waals surface area contributed by atoms with Gasteiger partial charge in [0.1, 0.15) is 13.2 Å².